The van der Waals surface area contributed by atoms with Gasteiger partial charge in [0.2, 0.25) is 6.41 Å². The normalized spacial score (nSPS) is 16.1. The average Bonchev–Trinajstić information content (AvgIpc) is 3.54. The second-order valence-corrected chi connectivity index (χ2v) is 11.5. The van der Waals surface area contributed by atoms with Gasteiger partial charge in [-0.3, -0.25) is 19.6 Å². The van der Waals surface area contributed by atoms with E-state index in [0.717, 1.165) is 68.6 Å². The Bertz CT molecular complexity index is 1680. The van der Waals surface area contributed by atoms with E-state index in [1.807, 2.05) is 6.08 Å². The summed E-state index contributed by atoms with van der Waals surface area (Å²) in [6.45, 7) is 4.78. The highest BCUT2D eigenvalue weighted by atomic mass is 19.4. The van der Waals surface area contributed by atoms with Crippen LogP contribution in [-0.4, -0.2) is 76.1 Å². The second kappa shape index (κ2) is 15.6. The second-order valence-electron chi connectivity index (χ2n) is 11.5. The Kier molecular flexibility index (Phi) is 11.2. The number of H-pyrrole nitrogens is 1. The molecule has 4 heterocycles. The molecule has 1 aliphatic carbocycles. The SMILES string of the molecule is Nc1ncc(/C=C/CN2CCNCC2)c2n[nH]c(-c3ccc(C(=O)Nc4cc(C(F)(F)F)ccn4)cc3)c12.O=CNC1CCCCC1. The first kappa shape index (κ1) is 33.5. The molecule has 3 aromatic heterocycles. The van der Waals surface area contributed by atoms with Crippen LogP contribution in [-0.2, 0) is 11.0 Å². The predicted molar refractivity (Wildman–Crippen MR) is 175 cm³/mol. The van der Waals surface area contributed by atoms with E-state index in [2.05, 4.69) is 47.1 Å². The van der Waals surface area contributed by atoms with Gasteiger partial charge in [0.05, 0.1) is 16.6 Å². The molecule has 1 saturated carbocycles. The smallest absolute Gasteiger partial charge is 0.383 e. The zero-order valence-electron chi connectivity index (χ0n) is 25.8. The van der Waals surface area contributed by atoms with Crippen LogP contribution in [0.15, 0.2) is 54.9 Å². The van der Waals surface area contributed by atoms with Crippen molar-refractivity contribution in [3.05, 3.63) is 71.6 Å². The molecular weight excluding hydrogens is 611 g/mol. The lowest BCUT2D eigenvalue weighted by atomic mass is 9.96. The Morgan fingerprint density at radius 2 is 1.81 bits per heavy atom. The zero-order chi connectivity index (χ0) is 33.2. The van der Waals surface area contributed by atoms with Gasteiger partial charge in [-0.15, -0.1) is 0 Å². The summed E-state index contributed by atoms with van der Waals surface area (Å²) in [7, 11) is 0. The Morgan fingerprint density at radius 1 is 1.06 bits per heavy atom. The van der Waals surface area contributed by atoms with Gasteiger partial charge in [0.25, 0.3) is 5.91 Å². The van der Waals surface area contributed by atoms with E-state index in [1.165, 1.54) is 32.1 Å². The van der Waals surface area contributed by atoms with Crippen LogP contribution in [0.5, 0.6) is 0 Å². The van der Waals surface area contributed by atoms with Gasteiger partial charge in [0.1, 0.15) is 17.2 Å². The van der Waals surface area contributed by atoms with E-state index in [4.69, 9.17) is 5.73 Å². The van der Waals surface area contributed by atoms with Gasteiger partial charge in [0.15, 0.2) is 0 Å². The van der Waals surface area contributed by atoms with Gasteiger partial charge in [-0.1, -0.05) is 43.5 Å². The van der Waals surface area contributed by atoms with Crippen LogP contribution < -0.4 is 21.7 Å². The summed E-state index contributed by atoms with van der Waals surface area (Å²) in [4.78, 5) is 33.1. The van der Waals surface area contributed by atoms with Crippen molar-refractivity contribution in [2.24, 2.45) is 0 Å². The number of rotatable bonds is 8. The summed E-state index contributed by atoms with van der Waals surface area (Å²) in [5.41, 5.74) is 8.43. The van der Waals surface area contributed by atoms with Crippen molar-refractivity contribution in [2.45, 2.75) is 44.3 Å². The summed E-state index contributed by atoms with van der Waals surface area (Å²) in [6.07, 6.45) is 9.30. The number of amides is 2. The summed E-state index contributed by atoms with van der Waals surface area (Å²) >= 11 is 0. The Morgan fingerprint density at radius 3 is 2.51 bits per heavy atom. The van der Waals surface area contributed by atoms with Crippen LogP contribution in [0, 0.1) is 0 Å². The van der Waals surface area contributed by atoms with Gasteiger partial charge in [-0.25, -0.2) is 9.97 Å². The fourth-order valence-corrected chi connectivity index (χ4v) is 5.64. The molecule has 0 spiro atoms. The highest BCUT2D eigenvalue weighted by Gasteiger charge is 2.31. The third kappa shape index (κ3) is 8.92. The maximum Gasteiger partial charge on any atom is 0.416 e. The van der Waals surface area contributed by atoms with E-state index in [0.29, 0.717) is 28.5 Å². The van der Waals surface area contributed by atoms with Crippen molar-refractivity contribution in [1.29, 1.82) is 0 Å². The summed E-state index contributed by atoms with van der Waals surface area (Å²) < 4.78 is 38.8. The summed E-state index contributed by atoms with van der Waals surface area (Å²) in [5.74, 6) is -0.457. The van der Waals surface area contributed by atoms with E-state index < -0.39 is 17.6 Å². The average molecular weight is 650 g/mol. The molecule has 0 atom stereocenters. The number of hydrogen-bond acceptors (Lipinski definition) is 8. The maximum atomic E-state index is 12.9. The number of alkyl halides is 3. The molecule has 6 N–H and O–H groups in total. The lowest BCUT2D eigenvalue weighted by Crippen LogP contribution is -2.43. The number of nitrogens with one attached hydrogen (secondary N) is 4. The summed E-state index contributed by atoms with van der Waals surface area (Å²) in [5, 5.41) is 16.7. The number of aromatic nitrogens is 4. The maximum absolute atomic E-state index is 12.9. The lowest BCUT2D eigenvalue weighted by molar-refractivity contribution is -0.137. The largest absolute Gasteiger partial charge is 0.416 e. The quantitative estimate of drug-likeness (QED) is 0.170. The van der Waals surface area contributed by atoms with Crippen molar-refractivity contribution < 1.29 is 22.8 Å². The Hall–Kier alpha value is -4.82. The van der Waals surface area contributed by atoms with Gasteiger partial charge >= 0.3 is 6.18 Å². The number of pyridine rings is 2. The third-order valence-corrected chi connectivity index (χ3v) is 8.18. The number of nitrogens with two attached hydrogens (primary N) is 1. The standard InChI is InChI=1S/C26H25F3N8O.C7H13NO/c27-26(28,29)19-7-8-32-20(14-19)34-25(38)17-5-3-16(4-6-17)22-21-23(36-35-22)18(15-33-24(21)30)2-1-11-37-12-9-31-10-13-37;9-6-8-7-4-2-1-3-5-7/h1-8,14-15,31H,9-13H2,(H2,30,33)(H,35,36)(H,32,34,38);6-7H,1-5H2,(H,8,9)/b2-1+;. The number of fused-ring (bicyclic) bond motifs is 1. The van der Waals surface area contributed by atoms with Crippen molar-refractivity contribution in [3.8, 4) is 11.3 Å². The number of nitrogen functional groups attached to an aromatic ring is 1. The lowest BCUT2D eigenvalue weighted by Gasteiger charge is -2.25. The molecule has 248 valence electrons. The molecule has 1 aromatic carbocycles. The van der Waals surface area contributed by atoms with Crippen molar-refractivity contribution in [1.82, 2.24) is 35.7 Å². The van der Waals surface area contributed by atoms with E-state index in [9.17, 15) is 22.8 Å². The van der Waals surface area contributed by atoms with Gasteiger partial charge in [-0.05, 0) is 37.1 Å². The first-order valence-corrected chi connectivity index (χ1v) is 15.6. The third-order valence-electron chi connectivity index (χ3n) is 8.18. The molecule has 47 heavy (non-hydrogen) atoms. The minimum atomic E-state index is -4.53. The number of piperazine rings is 1. The first-order chi connectivity index (χ1) is 22.7. The monoisotopic (exact) mass is 649 g/mol. The first-order valence-electron chi connectivity index (χ1n) is 15.6. The molecule has 2 amide bonds. The number of aromatic amines is 1. The van der Waals surface area contributed by atoms with E-state index in [-0.39, 0.29) is 11.4 Å². The molecule has 2 aliphatic rings. The van der Waals surface area contributed by atoms with Crippen LogP contribution in [0.25, 0.3) is 28.2 Å². The van der Waals surface area contributed by atoms with E-state index >= 15 is 0 Å². The molecule has 0 unspecified atom stereocenters. The highest BCUT2D eigenvalue weighted by molar-refractivity contribution is 6.05. The van der Waals surface area contributed by atoms with E-state index in [1.54, 1.807) is 30.5 Å². The fourth-order valence-electron chi connectivity index (χ4n) is 5.64. The minimum Gasteiger partial charge on any atom is -0.383 e. The Labute approximate surface area is 270 Å². The number of halogens is 3. The van der Waals surface area contributed by atoms with Gasteiger partial charge < -0.3 is 21.7 Å². The number of carbonyl (C=O) groups excluding carboxylic acids is 2. The van der Waals surface area contributed by atoms with Crippen molar-refractivity contribution >= 4 is 40.9 Å². The molecule has 14 heteroatoms. The molecule has 6 rings (SSSR count). The highest BCUT2D eigenvalue weighted by Crippen LogP contribution is 2.32. The molecule has 0 bridgehead atoms. The fraction of sp³-hybridized carbons (Fsp3) is 0.364. The molecule has 0 radical (unpaired) electrons. The molecule has 1 aliphatic heterocycles. The number of nitrogens with zero attached hydrogens (tertiary/aromatic N) is 4. The van der Waals surface area contributed by atoms with Crippen LogP contribution >= 0.6 is 0 Å². The number of hydrogen-bond donors (Lipinski definition) is 5. The molecule has 1 saturated heterocycles. The van der Waals surface area contributed by atoms with Gasteiger partial charge in [-0.2, -0.15) is 18.3 Å². The van der Waals surface area contributed by atoms with Crippen molar-refractivity contribution in [2.75, 3.05) is 43.8 Å². The number of anilines is 2. The van der Waals surface area contributed by atoms with Crippen LogP contribution in [0.1, 0.15) is 53.6 Å². The summed E-state index contributed by atoms with van der Waals surface area (Å²) in [6, 6.07) is 8.64. The van der Waals surface area contributed by atoms with Crippen LogP contribution in [0.2, 0.25) is 0 Å². The van der Waals surface area contributed by atoms with Crippen molar-refractivity contribution in [3.63, 3.8) is 0 Å². The van der Waals surface area contributed by atoms with Crippen LogP contribution in [0.4, 0.5) is 24.8 Å². The number of carbonyl (C=O) groups is 2. The molecule has 11 nitrogen and oxygen atoms in total. The molecule has 4 aromatic rings. The predicted octanol–water partition coefficient (Wildman–Crippen LogP) is 4.86. The topological polar surface area (TPSA) is 154 Å². The minimum absolute atomic E-state index is 0.190. The molecular formula is C33H38F3N9O2. The van der Waals surface area contributed by atoms with Gasteiger partial charge in [0, 0.05) is 67.8 Å². The Balaban J connectivity index is 0.000000417. The van der Waals surface area contributed by atoms with Crippen LogP contribution in [0.3, 0.4) is 0 Å². The zero-order valence-corrected chi connectivity index (χ0v) is 25.8. The molecule has 2 fully saturated rings. The number of benzene rings is 1.